The van der Waals surface area contributed by atoms with Gasteiger partial charge in [-0.1, -0.05) is 206 Å². The van der Waals surface area contributed by atoms with Crippen molar-refractivity contribution in [3.8, 4) is 0 Å². The average molecular weight is 949 g/mol. The van der Waals surface area contributed by atoms with Crippen LogP contribution in [0.3, 0.4) is 0 Å². The molecule has 1 heterocycles. The standard InChI is InChI=1S/C59H60N4P4/c1-46(2)62(64(52-30-16-8-17-31-52)53-32-18-9-19-33-53)66(56-38-24-12-25-39-56)60-43-42-58-48(5)44-50(45-59(58)60)49(6)61(51-28-14-7-15-29-51)67(57-40-26-13-27-41-57)63(47(3)4)65(54-34-20-10-21-35-54)55-36-22-11-23-37-55/h7-47,49H,1-6H3. The van der Waals surface area contributed by atoms with Gasteiger partial charge in [-0.3, -0.25) is 0 Å². The van der Waals surface area contributed by atoms with Crippen LogP contribution in [-0.2, 0) is 0 Å². The van der Waals surface area contributed by atoms with Crippen LogP contribution in [0.4, 0.5) is 5.69 Å². The smallest absolute Gasteiger partial charge is 0.109 e. The number of para-hydroxylation sites is 1. The number of hydrogen-bond acceptors (Lipinski definition) is 3. The predicted octanol–water partition coefficient (Wildman–Crippen LogP) is 14.2. The highest BCUT2D eigenvalue weighted by Crippen LogP contribution is 2.62. The molecule has 0 radical (unpaired) electrons. The Morgan fingerprint density at radius 2 is 0.776 bits per heavy atom. The summed E-state index contributed by atoms with van der Waals surface area (Å²) in [4.78, 5) is 0. The van der Waals surface area contributed by atoms with Gasteiger partial charge < -0.3 is 9.01 Å². The molecule has 0 fully saturated rings. The zero-order chi connectivity index (χ0) is 46.3. The van der Waals surface area contributed by atoms with E-state index in [1.165, 1.54) is 59.5 Å². The van der Waals surface area contributed by atoms with Gasteiger partial charge in [-0.15, -0.1) is 0 Å². The van der Waals surface area contributed by atoms with Crippen molar-refractivity contribution in [3.63, 3.8) is 0 Å². The van der Waals surface area contributed by atoms with E-state index >= 15 is 0 Å². The fourth-order valence-corrected chi connectivity index (χ4v) is 21.5. The summed E-state index contributed by atoms with van der Waals surface area (Å²) in [6.45, 7) is 14.3. The topological polar surface area (TPSA) is 14.7 Å². The van der Waals surface area contributed by atoms with E-state index in [1.54, 1.807) is 0 Å². The van der Waals surface area contributed by atoms with Crippen LogP contribution in [0.1, 0.15) is 51.8 Å². The molecule has 0 aliphatic heterocycles. The van der Waals surface area contributed by atoms with Crippen molar-refractivity contribution in [1.82, 2.24) is 13.2 Å². The molecule has 67 heavy (non-hydrogen) atoms. The molecule has 3 atom stereocenters. The van der Waals surface area contributed by atoms with Crippen molar-refractivity contribution in [3.05, 3.63) is 248 Å². The minimum Gasteiger partial charge on any atom is -0.327 e. The Morgan fingerprint density at radius 3 is 1.19 bits per heavy atom. The summed E-state index contributed by atoms with van der Waals surface area (Å²) in [5.41, 5.74) is 5.08. The maximum atomic E-state index is 2.87. The highest BCUT2D eigenvalue weighted by Gasteiger charge is 2.40. The van der Waals surface area contributed by atoms with Crippen LogP contribution in [0.15, 0.2) is 237 Å². The van der Waals surface area contributed by atoms with Crippen LogP contribution in [-0.4, -0.2) is 25.3 Å². The SMILES string of the molecule is Cc1cc(C(C)N(c2ccccc2)P(c2ccccc2)N(C(C)C)P(c2ccccc2)c2ccccc2)cc2c1ccn2P(c1ccccc1)N(C(C)C)P(c1ccccc1)c1ccccc1. The Balaban J connectivity index is 1.25. The van der Waals surface area contributed by atoms with E-state index in [-0.39, 0.29) is 18.1 Å². The minimum atomic E-state index is -1.14. The Bertz CT molecular complexity index is 2840. The van der Waals surface area contributed by atoms with Gasteiger partial charge in [0.15, 0.2) is 0 Å². The van der Waals surface area contributed by atoms with Gasteiger partial charge in [0.2, 0.25) is 0 Å². The number of nitrogens with zero attached hydrogens (tertiary/aromatic N) is 4. The van der Waals surface area contributed by atoms with Gasteiger partial charge in [-0.05, 0) is 98.2 Å². The van der Waals surface area contributed by atoms with Crippen LogP contribution in [0.25, 0.3) is 10.9 Å². The van der Waals surface area contributed by atoms with E-state index < -0.39 is 32.6 Å². The van der Waals surface area contributed by atoms with Gasteiger partial charge in [0.05, 0.1) is 11.6 Å². The third-order valence-corrected chi connectivity index (χ3v) is 23.9. The molecule has 0 aliphatic rings. The molecular weight excluding hydrogens is 889 g/mol. The summed E-state index contributed by atoms with van der Waals surface area (Å²) in [5, 5.41) is 9.38. The van der Waals surface area contributed by atoms with Crippen LogP contribution in [0.2, 0.25) is 0 Å². The summed E-state index contributed by atoms with van der Waals surface area (Å²) < 4.78 is 11.1. The number of benzene rings is 8. The molecule has 8 aromatic carbocycles. The summed E-state index contributed by atoms with van der Waals surface area (Å²) >= 11 is 0. The van der Waals surface area contributed by atoms with Gasteiger partial charge in [-0.25, -0.2) is 8.88 Å². The molecule has 0 spiro atoms. The van der Waals surface area contributed by atoms with E-state index in [1.807, 2.05) is 0 Å². The van der Waals surface area contributed by atoms with E-state index in [2.05, 4.69) is 296 Å². The fourth-order valence-electron chi connectivity index (χ4n) is 8.99. The molecule has 0 amide bonds. The van der Waals surface area contributed by atoms with Crippen molar-refractivity contribution in [2.75, 3.05) is 4.67 Å². The Kier molecular flexibility index (Phi) is 15.2. The first-order chi connectivity index (χ1) is 32.8. The lowest BCUT2D eigenvalue weighted by molar-refractivity contribution is 0.573. The molecule has 8 heteroatoms. The van der Waals surface area contributed by atoms with Gasteiger partial charge in [-0.2, -0.15) is 0 Å². The summed E-state index contributed by atoms with van der Waals surface area (Å²) in [5.74, 6) is 0. The first-order valence-electron chi connectivity index (χ1n) is 23.3. The van der Waals surface area contributed by atoms with Crippen molar-refractivity contribution in [2.24, 2.45) is 0 Å². The van der Waals surface area contributed by atoms with Crippen molar-refractivity contribution in [1.29, 1.82) is 0 Å². The van der Waals surface area contributed by atoms with E-state index in [0.717, 1.165) is 0 Å². The molecule has 0 saturated carbocycles. The van der Waals surface area contributed by atoms with Gasteiger partial charge in [0.1, 0.15) is 16.4 Å². The van der Waals surface area contributed by atoms with Gasteiger partial charge in [0, 0.05) is 56.1 Å². The predicted molar refractivity (Wildman–Crippen MR) is 297 cm³/mol. The highest BCUT2D eigenvalue weighted by molar-refractivity contribution is 7.82. The second-order valence-corrected chi connectivity index (χ2v) is 26.1. The normalized spacial score (nSPS) is 13.3. The molecule has 9 rings (SSSR count). The molecular formula is C59H60N4P4. The van der Waals surface area contributed by atoms with Gasteiger partial charge in [0.25, 0.3) is 0 Å². The van der Waals surface area contributed by atoms with Crippen molar-refractivity contribution < 1.29 is 0 Å². The van der Waals surface area contributed by atoms with Crippen LogP contribution >= 0.6 is 32.6 Å². The third kappa shape index (κ3) is 10.1. The first kappa shape index (κ1) is 46.8. The van der Waals surface area contributed by atoms with E-state index in [9.17, 15) is 0 Å². The molecule has 0 N–H and O–H groups in total. The second-order valence-electron chi connectivity index (χ2n) is 17.3. The van der Waals surface area contributed by atoms with Gasteiger partial charge >= 0.3 is 0 Å². The van der Waals surface area contributed by atoms with Crippen LogP contribution in [0.5, 0.6) is 0 Å². The zero-order valence-electron chi connectivity index (χ0n) is 39.3. The highest BCUT2D eigenvalue weighted by atomic mass is 31.2. The lowest BCUT2D eigenvalue weighted by Crippen LogP contribution is -2.39. The Labute approximate surface area is 404 Å². The monoisotopic (exact) mass is 948 g/mol. The average Bonchev–Trinajstić information content (AvgIpc) is 3.80. The summed E-state index contributed by atoms with van der Waals surface area (Å²) in [6, 6.07) is 86.4. The Morgan fingerprint density at radius 1 is 0.403 bits per heavy atom. The molecule has 1 aromatic heterocycles. The number of aromatic nitrogens is 1. The van der Waals surface area contributed by atoms with E-state index in [4.69, 9.17) is 0 Å². The van der Waals surface area contributed by atoms with E-state index in [0.29, 0.717) is 0 Å². The molecule has 9 aromatic rings. The molecule has 0 saturated heterocycles. The number of anilines is 1. The fraction of sp³-hybridized carbons (Fsp3) is 0.153. The number of fused-ring (bicyclic) bond motifs is 1. The third-order valence-electron chi connectivity index (χ3n) is 12.0. The molecule has 4 nitrogen and oxygen atoms in total. The zero-order valence-corrected chi connectivity index (χ0v) is 42.9. The molecule has 336 valence electrons. The Hall–Kier alpha value is -5.26. The van der Waals surface area contributed by atoms with Crippen LogP contribution < -0.4 is 36.5 Å². The first-order valence-corrected chi connectivity index (χ1v) is 28.4. The lowest BCUT2D eigenvalue weighted by Gasteiger charge is -2.48. The maximum absolute atomic E-state index is 2.87. The van der Waals surface area contributed by atoms with Crippen molar-refractivity contribution >= 4 is 81.0 Å². The molecule has 3 unspecified atom stereocenters. The van der Waals surface area contributed by atoms with Crippen LogP contribution in [0, 0.1) is 6.92 Å². The number of hydrogen-bond donors (Lipinski definition) is 0. The lowest BCUT2D eigenvalue weighted by atomic mass is 10.0. The summed E-state index contributed by atoms with van der Waals surface area (Å²) in [7, 11) is -4.06. The number of rotatable bonds is 17. The molecule has 0 aliphatic carbocycles. The minimum absolute atomic E-state index is 0.000250. The quantitative estimate of drug-likeness (QED) is 0.0846. The molecule has 0 bridgehead atoms. The maximum Gasteiger partial charge on any atom is 0.109 e. The number of aryl methyl sites for hydroxylation is 1. The summed E-state index contributed by atoms with van der Waals surface area (Å²) in [6.07, 6.45) is 2.38. The van der Waals surface area contributed by atoms with Crippen molar-refractivity contribution in [2.45, 2.75) is 59.7 Å². The second kappa shape index (κ2) is 21.8. The largest absolute Gasteiger partial charge is 0.327 e.